The molecule has 1 aliphatic heterocycles. The van der Waals surface area contributed by atoms with Gasteiger partial charge in [-0.25, -0.2) is 15.0 Å². The Morgan fingerprint density at radius 3 is 2.52 bits per heavy atom. The van der Waals surface area contributed by atoms with Gasteiger partial charge in [-0.2, -0.15) is 0 Å². The zero-order valence-electron chi connectivity index (χ0n) is 16.6. The molecule has 2 aromatic heterocycles. The third kappa shape index (κ3) is 2.99. The van der Waals surface area contributed by atoms with E-state index in [4.69, 9.17) is 4.98 Å². The van der Waals surface area contributed by atoms with E-state index >= 15 is 0 Å². The van der Waals surface area contributed by atoms with Crippen LogP contribution in [0.1, 0.15) is 57.1 Å². The highest BCUT2D eigenvalue weighted by atomic mass is 16.1. The number of piperidine rings is 1. The van der Waals surface area contributed by atoms with Gasteiger partial charge in [-0.3, -0.25) is 4.79 Å². The van der Waals surface area contributed by atoms with Crippen molar-refractivity contribution in [2.24, 2.45) is 0 Å². The van der Waals surface area contributed by atoms with Gasteiger partial charge in [0, 0.05) is 48.9 Å². The lowest BCUT2D eigenvalue weighted by molar-refractivity contribution is 0.320. The average Bonchev–Trinajstić information content (AvgIpc) is 3.00. The van der Waals surface area contributed by atoms with Crippen LogP contribution in [0.5, 0.6) is 0 Å². The molecular weight excluding hydrogens is 340 g/mol. The molecule has 2 aliphatic rings. The van der Waals surface area contributed by atoms with Crippen LogP contribution < -0.4 is 15.8 Å². The highest BCUT2D eigenvalue weighted by Gasteiger charge is 2.44. The van der Waals surface area contributed by atoms with Gasteiger partial charge in [0.1, 0.15) is 5.82 Å². The van der Waals surface area contributed by atoms with Gasteiger partial charge < -0.3 is 15.2 Å². The van der Waals surface area contributed by atoms with E-state index in [1.807, 2.05) is 7.05 Å². The number of nitrogens with one attached hydrogen (secondary N) is 2. The van der Waals surface area contributed by atoms with Crippen molar-refractivity contribution in [1.82, 2.24) is 19.9 Å². The molecule has 4 rings (SSSR count). The van der Waals surface area contributed by atoms with Crippen molar-refractivity contribution in [1.29, 1.82) is 0 Å². The Hall–Kier alpha value is -2.44. The van der Waals surface area contributed by atoms with Gasteiger partial charge in [0.05, 0.1) is 5.69 Å². The number of anilines is 2. The maximum Gasteiger partial charge on any atom is 0.254 e. The average molecular weight is 368 g/mol. The van der Waals surface area contributed by atoms with E-state index in [1.54, 1.807) is 12.4 Å². The van der Waals surface area contributed by atoms with Gasteiger partial charge in [0.25, 0.3) is 5.56 Å². The fourth-order valence-electron chi connectivity index (χ4n) is 4.38. The Bertz CT molecular complexity index is 905. The number of aromatic nitrogens is 4. The van der Waals surface area contributed by atoms with Gasteiger partial charge in [-0.1, -0.05) is 20.8 Å². The van der Waals surface area contributed by atoms with E-state index in [0.29, 0.717) is 0 Å². The molecular formula is C20H28N6O. The summed E-state index contributed by atoms with van der Waals surface area (Å²) in [6.07, 6.45) is 7.26. The van der Waals surface area contributed by atoms with Crippen LogP contribution in [0, 0.1) is 0 Å². The topological polar surface area (TPSA) is 86.8 Å². The fourth-order valence-corrected chi connectivity index (χ4v) is 4.38. The summed E-state index contributed by atoms with van der Waals surface area (Å²) in [5, 5.41) is 3.13. The van der Waals surface area contributed by atoms with E-state index in [0.717, 1.165) is 67.5 Å². The summed E-state index contributed by atoms with van der Waals surface area (Å²) in [4.78, 5) is 31.8. The summed E-state index contributed by atoms with van der Waals surface area (Å²) in [5.41, 5.74) is 1.84. The lowest BCUT2D eigenvalue weighted by Gasteiger charge is -2.40. The van der Waals surface area contributed by atoms with E-state index < -0.39 is 0 Å². The van der Waals surface area contributed by atoms with Crippen molar-refractivity contribution in [3.63, 3.8) is 0 Å². The van der Waals surface area contributed by atoms with Crippen LogP contribution in [0.2, 0.25) is 0 Å². The quantitative estimate of drug-likeness (QED) is 0.846. The maximum atomic E-state index is 12.6. The van der Waals surface area contributed by atoms with Crippen molar-refractivity contribution in [3.05, 3.63) is 39.8 Å². The summed E-state index contributed by atoms with van der Waals surface area (Å²) < 4.78 is 0. The number of H-pyrrole nitrogens is 1. The molecule has 2 N–H and O–H groups in total. The predicted molar refractivity (Wildman–Crippen MR) is 107 cm³/mol. The fraction of sp³-hybridized carbons (Fsp3) is 0.600. The number of aromatic amines is 1. The molecule has 0 radical (unpaired) electrons. The molecule has 1 saturated heterocycles. The number of nitrogens with zero attached hydrogens (tertiary/aromatic N) is 4. The normalized spacial score (nSPS) is 18.6. The molecule has 0 saturated carbocycles. The van der Waals surface area contributed by atoms with E-state index in [1.165, 1.54) is 0 Å². The summed E-state index contributed by atoms with van der Waals surface area (Å²) in [6.45, 7) is 8.07. The number of hydrogen-bond donors (Lipinski definition) is 2. The SMILES string of the molecule is CNc1nccnc1N1CCC2(CCc3c2nc(C(C)(C)C)[nH]c3=O)CC1. The first-order valence-electron chi connectivity index (χ1n) is 9.72. The number of hydrogen-bond acceptors (Lipinski definition) is 6. The highest BCUT2D eigenvalue weighted by Crippen LogP contribution is 2.45. The number of fused-ring (bicyclic) bond motifs is 2. The molecule has 1 spiro atoms. The molecule has 1 fully saturated rings. The summed E-state index contributed by atoms with van der Waals surface area (Å²) in [7, 11) is 1.87. The second-order valence-electron chi connectivity index (χ2n) is 8.74. The van der Waals surface area contributed by atoms with Crippen LogP contribution in [-0.4, -0.2) is 40.1 Å². The Morgan fingerprint density at radius 1 is 1.15 bits per heavy atom. The molecule has 0 bridgehead atoms. The number of rotatable bonds is 2. The first-order valence-corrected chi connectivity index (χ1v) is 9.72. The second-order valence-corrected chi connectivity index (χ2v) is 8.74. The Kier molecular flexibility index (Phi) is 4.20. The van der Waals surface area contributed by atoms with E-state index in [-0.39, 0.29) is 16.4 Å². The predicted octanol–water partition coefficient (Wildman–Crippen LogP) is 2.38. The Balaban J connectivity index is 1.64. The lowest BCUT2D eigenvalue weighted by Crippen LogP contribution is -2.43. The molecule has 0 atom stereocenters. The molecule has 2 aromatic rings. The zero-order chi connectivity index (χ0) is 19.2. The first-order chi connectivity index (χ1) is 12.8. The molecule has 0 amide bonds. The van der Waals surface area contributed by atoms with Crippen LogP contribution >= 0.6 is 0 Å². The van der Waals surface area contributed by atoms with Crippen molar-refractivity contribution in [2.45, 2.75) is 57.3 Å². The summed E-state index contributed by atoms with van der Waals surface area (Å²) in [5.74, 6) is 2.51. The minimum atomic E-state index is -0.167. The van der Waals surface area contributed by atoms with Gasteiger partial charge in [0.15, 0.2) is 11.6 Å². The molecule has 1 aliphatic carbocycles. The van der Waals surface area contributed by atoms with Crippen LogP contribution in [0.25, 0.3) is 0 Å². The van der Waals surface area contributed by atoms with Crippen LogP contribution in [0.4, 0.5) is 11.6 Å². The van der Waals surface area contributed by atoms with Crippen molar-refractivity contribution in [2.75, 3.05) is 30.4 Å². The lowest BCUT2D eigenvalue weighted by atomic mass is 9.76. The van der Waals surface area contributed by atoms with E-state index in [2.05, 4.69) is 45.9 Å². The molecule has 3 heterocycles. The van der Waals surface area contributed by atoms with Gasteiger partial charge in [-0.05, 0) is 25.7 Å². The van der Waals surface area contributed by atoms with Crippen molar-refractivity contribution in [3.8, 4) is 0 Å². The molecule has 7 nitrogen and oxygen atoms in total. The van der Waals surface area contributed by atoms with Crippen LogP contribution in [0.15, 0.2) is 17.2 Å². The third-order valence-electron chi connectivity index (χ3n) is 6.02. The third-order valence-corrected chi connectivity index (χ3v) is 6.02. The monoisotopic (exact) mass is 368 g/mol. The molecule has 7 heteroatoms. The van der Waals surface area contributed by atoms with Crippen LogP contribution in [-0.2, 0) is 17.3 Å². The molecule has 27 heavy (non-hydrogen) atoms. The van der Waals surface area contributed by atoms with Crippen molar-refractivity contribution < 1.29 is 0 Å². The minimum Gasteiger partial charge on any atom is -0.370 e. The Morgan fingerprint density at radius 2 is 1.85 bits per heavy atom. The molecule has 144 valence electrons. The Labute approximate surface area is 159 Å². The molecule has 0 aromatic carbocycles. The van der Waals surface area contributed by atoms with Gasteiger partial charge >= 0.3 is 0 Å². The summed E-state index contributed by atoms with van der Waals surface area (Å²) >= 11 is 0. The molecule has 0 unspecified atom stereocenters. The standard InChI is InChI=1S/C20H28N6O/c1-19(2,3)18-24-14-13(17(27)25-18)5-6-20(14)7-11-26(12-8-20)16-15(21-4)22-9-10-23-16/h9-10H,5-8,11-12H2,1-4H3,(H,21,22)(H,24,25,27). The van der Waals surface area contributed by atoms with Gasteiger partial charge in [-0.15, -0.1) is 0 Å². The largest absolute Gasteiger partial charge is 0.370 e. The smallest absolute Gasteiger partial charge is 0.254 e. The van der Waals surface area contributed by atoms with E-state index in [9.17, 15) is 4.79 Å². The van der Waals surface area contributed by atoms with Crippen molar-refractivity contribution >= 4 is 11.6 Å². The highest BCUT2D eigenvalue weighted by molar-refractivity contribution is 5.60. The minimum absolute atomic E-state index is 0.0160. The zero-order valence-corrected chi connectivity index (χ0v) is 16.6. The second kappa shape index (κ2) is 6.32. The first kappa shape index (κ1) is 17.9. The summed E-state index contributed by atoms with van der Waals surface area (Å²) in [6, 6.07) is 0. The maximum absolute atomic E-state index is 12.6. The van der Waals surface area contributed by atoms with Gasteiger partial charge in [0.2, 0.25) is 0 Å². The van der Waals surface area contributed by atoms with Crippen LogP contribution in [0.3, 0.4) is 0 Å².